The Morgan fingerprint density at radius 2 is 1.02 bits per heavy atom. The number of nitrogens with zero attached hydrogens (tertiary/aromatic N) is 7. The fourth-order valence-electron chi connectivity index (χ4n) is 10.9. The van der Waals surface area contributed by atoms with Crippen molar-refractivity contribution in [2.45, 2.75) is 216 Å². The second-order valence-corrected chi connectivity index (χ2v) is 26.5. The number of rotatable bonds is 16. The molecule has 1 unspecified atom stereocenters. The summed E-state index contributed by atoms with van der Waals surface area (Å²) in [4.78, 5) is 128. The van der Waals surface area contributed by atoms with Crippen LogP contribution in [0.3, 0.4) is 0 Å². The minimum atomic E-state index is -1.12. The quantitative estimate of drug-likeness (QED) is 0.131. The van der Waals surface area contributed by atoms with Crippen molar-refractivity contribution in [3.05, 3.63) is 24.8 Å². The van der Waals surface area contributed by atoms with Crippen LogP contribution in [0.1, 0.15) is 149 Å². The molecule has 20 nitrogen and oxygen atoms in total. The van der Waals surface area contributed by atoms with Crippen molar-refractivity contribution >= 4 is 47.3 Å². The summed E-state index contributed by atoms with van der Waals surface area (Å²) in [6.45, 7) is 35.1. The van der Waals surface area contributed by atoms with Gasteiger partial charge in [0, 0.05) is 67.0 Å². The van der Waals surface area contributed by atoms with E-state index < -0.39 is 102 Å². The maximum Gasteiger partial charge on any atom is 0.245 e. The first-order valence-corrected chi connectivity index (χ1v) is 30.8. The molecule has 0 aromatic heterocycles. The third-order valence-corrected chi connectivity index (χ3v) is 16.4. The number of amides is 8. The average molecular weight is 1170 g/mol. The average Bonchev–Trinajstić information content (AvgIpc) is 3.61. The summed E-state index contributed by atoms with van der Waals surface area (Å²) in [5.41, 5.74) is 0. The summed E-state index contributed by atoms with van der Waals surface area (Å²) in [5.74, 6) is -4.25. The highest BCUT2D eigenvalue weighted by atomic mass is 16.3. The molecule has 20 heteroatoms. The Kier molecular flexibility index (Phi) is 33.1. The van der Waals surface area contributed by atoms with Crippen LogP contribution in [-0.4, -0.2) is 229 Å². The molecule has 1 heterocycles. The van der Waals surface area contributed by atoms with Crippen LogP contribution < -0.4 is 21.3 Å². The number of aliphatic hydroxyl groups is 1. The minimum Gasteiger partial charge on any atom is -0.391 e. The van der Waals surface area contributed by atoms with E-state index in [4.69, 9.17) is 0 Å². The van der Waals surface area contributed by atoms with E-state index >= 15 is 9.59 Å². The molecule has 1 rings (SSSR count). The lowest BCUT2D eigenvalue weighted by Gasteiger charge is -2.42. The maximum atomic E-state index is 15.2. The Bertz CT molecular complexity index is 2120. The van der Waals surface area contributed by atoms with E-state index in [1.54, 1.807) is 41.2 Å². The highest BCUT2D eigenvalue weighted by Crippen LogP contribution is 2.25. The smallest absolute Gasteiger partial charge is 0.245 e. The maximum absolute atomic E-state index is 15.2. The molecule has 12 atom stereocenters. The number of carbonyl (C=O) groups is 8. The molecule has 0 spiro atoms. The van der Waals surface area contributed by atoms with Gasteiger partial charge < -0.3 is 50.9 Å². The Balaban J connectivity index is 4.17. The Hall–Kier alpha value is -4.92. The molecule has 1 aliphatic heterocycles. The van der Waals surface area contributed by atoms with E-state index in [1.807, 2.05) is 133 Å². The predicted octanol–water partition coefficient (Wildman–Crippen LogP) is 4.86. The predicted molar refractivity (Wildman–Crippen MR) is 333 cm³/mol. The molecule has 0 aromatic rings. The first-order chi connectivity index (χ1) is 38.4. The van der Waals surface area contributed by atoms with Crippen molar-refractivity contribution in [2.24, 2.45) is 41.4 Å². The molecule has 83 heavy (non-hydrogen) atoms. The fraction of sp³-hybridized carbons (Fsp3) is 0.810. The van der Waals surface area contributed by atoms with Crippen molar-refractivity contribution in [1.82, 2.24) is 55.6 Å². The molecular weight excluding hydrogens is 1050 g/mol. The van der Waals surface area contributed by atoms with Crippen LogP contribution in [0.4, 0.5) is 0 Å². The zero-order valence-electron chi connectivity index (χ0n) is 55.7. The minimum absolute atomic E-state index is 0.00573. The highest BCUT2D eigenvalue weighted by molar-refractivity contribution is 5.96. The third-order valence-electron chi connectivity index (χ3n) is 16.4. The normalized spacial score (nSPS) is 27.7. The monoisotopic (exact) mass is 1170 g/mol. The second kappa shape index (κ2) is 36.2. The molecule has 0 aromatic carbocycles. The summed E-state index contributed by atoms with van der Waals surface area (Å²) in [6.07, 6.45) is 6.84. The number of carbonyl (C=O) groups excluding carboxylic acids is 8. The molecule has 0 saturated carbocycles. The molecule has 8 amide bonds. The van der Waals surface area contributed by atoms with Gasteiger partial charge in [0.1, 0.15) is 36.3 Å². The van der Waals surface area contributed by atoms with E-state index in [0.717, 1.165) is 0 Å². The molecular formula is C63H117N11O9. The SMILES string of the molecule is C=C/C=C/C[C@@H](C)[C@@H](O)C1CN[C@@H](CC)CN(C)CC(=O)N(C)[C@@H](CC(C)C)C(=O)N[C@@H](C(C)C)CN(C)[C@@H](CC(C)C)C(=O)N[C@@H](C)C(=O)N[C@H](C)C(=O)N(C)[C@@H](CC(C)C)C(=O)N(C)[C@@H](CC(C)C)C(=O)N(C)[C@@H](C(C)C)C(=O)N1C. The van der Waals surface area contributed by atoms with Gasteiger partial charge >= 0.3 is 0 Å². The topological polar surface area (TPSA) is 228 Å². The number of hydrogen-bond acceptors (Lipinski definition) is 12. The number of aliphatic hydroxyl groups excluding tert-OH is 1. The van der Waals surface area contributed by atoms with Gasteiger partial charge in [-0.25, -0.2) is 0 Å². The third kappa shape index (κ3) is 23.8. The van der Waals surface area contributed by atoms with Gasteiger partial charge in [0.2, 0.25) is 47.3 Å². The zero-order chi connectivity index (χ0) is 64.1. The van der Waals surface area contributed by atoms with Crippen molar-refractivity contribution in [1.29, 1.82) is 0 Å². The molecule has 1 aliphatic rings. The van der Waals surface area contributed by atoms with Crippen LogP contribution in [0.25, 0.3) is 0 Å². The Labute approximate surface area is 502 Å². The second-order valence-electron chi connectivity index (χ2n) is 26.5. The van der Waals surface area contributed by atoms with Gasteiger partial charge in [-0.3, -0.25) is 48.2 Å². The fourth-order valence-corrected chi connectivity index (χ4v) is 10.9. The summed E-state index contributed by atoms with van der Waals surface area (Å²) in [5, 5.41) is 24.7. The Morgan fingerprint density at radius 3 is 1.51 bits per heavy atom. The number of hydrogen-bond donors (Lipinski definition) is 5. The van der Waals surface area contributed by atoms with Crippen LogP contribution in [0, 0.1) is 41.4 Å². The van der Waals surface area contributed by atoms with Gasteiger partial charge in [0.25, 0.3) is 0 Å². The van der Waals surface area contributed by atoms with E-state index in [2.05, 4.69) is 27.8 Å². The van der Waals surface area contributed by atoms with E-state index in [0.29, 0.717) is 32.2 Å². The van der Waals surface area contributed by atoms with Gasteiger partial charge in [-0.2, -0.15) is 0 Å². The largest absolute Gasteiger partial charge is 0.391 e. The number of allylic oxidation sites excluding steroid dienone is 3. The molecule has 0 aliphatic carbocycles. The molecule has 0 bridgehead atoms. The van der Waals surface area contributed by atoms with Crippen molar-refractivity contribution in [3.8, 4) is 0 Å². The first-order valence-electron chi connectivity index (χ1n) is 30.8. The lowest BCUT2D eigenvalue weighted by molar-refractivity contribution is -0.156. The summed E-state index contributed by atoms with van der Waals surface area (Å²) >= 11 is 0. The lowest BCUT2D eigenvalue weighted by Crippen LogP contribution is -2.62. The number of likely N-dealkylation sites (N-methyl/N-ethyl adjacent to an activating group) is 7. The van der Waals surface area contributed by atoms with Crippen molar-refractivity contribution < 1.29 is 43.5 Å². The van der Waals surface area contributed by atoms with Crippen molar-refractivity contribution in [3.63, 3.8) is 0 Å². The molecule has 1 saturated heterocycles. The molecule has 5 N–H and O–H groups in total. The lowest BCUT2D eigenvalue weighted by atomic mass is 9.91. The molecule has 0 radical (unpaired) electrons. The van der Waals surface area contributed by atoms with E-state index in [9.17, 15) is 33.9 Å². The van der Waals surface area contributed by atoms with Gasteiger partial charge in [-0.1, -0.05) is 122 Å². The summed E-state index contributed by atoms with van der Waals surface area (Å²) in [7, 11) is 11.6. The highest BCUT2D eigenvalue weighted by Gasteiger charge is 2.43. The van der Waals surface area contributed by atoms with Crippen LogP contribution in [0.2, 0.25) is 0 Å². The van der Waals surface area contributed by atoms with Crippen LogP contribution in [0.5, 0.6) is 0 Å². The summed E-state index contributed by atoms with van der Waals surface area (Å²) < 4.78 is 0. The Morgan fingerprint density at radius 1 is 0.554 bits per heavy atom. The van der Waals surface area contributed by atoms with Gasteiger partial charge in [-0.15, -0.1) is 0 Å². The number of nitrogens with one attached hydrogen (secondary N) is 4. The first kappa shape index (κ1) is 76.1. The van der Waals surface area contributed by atoms with Crippen LogP contribution in [-0.2, 0) is 38.4 Å². The van der Waals surface area contributed by atoms with E-state index in [1.165, 1.54) is 38.5 Å². The van der Waals surface area contributed by atoms with Gasteiger partial charge in [-0.05, 0) is 108 Å². The van der Waals surface area contributed by atoms with E-state index in [-0.39, 0.29) is 85.8 Å². The summed E-state index contributed by atoms with van der Waals surface area (Å²) in [6, 6.07) is -8.17. The molecule has 478 valence electrons. The van der Waals surface area contributed by atoms with Gasteiger partial charge in [0.15, 0.2) is 0 Å². The molecule has 1 fully saturated rings. The zero-order valence-corrected chi connectivity index (χ0v) is 55.7. The van der Waals surface area contributed by atoms with Crippen LogP contribution >= 0.6 is 0 Å². The van der Waals surface area contributed by atoms with Crippen molar-refractivity contribution in [2.75, 3.05) is 75.5 Å². The standard InChI is InChI=1S/C63H117N11O9/c1-25-27-28-29-44(15)56(76)53-34-64-47(26-2)35-68(18)37-54(75)70(20)50(31-39(5)6)59(79)67-48(42(11)12)36-69(19)49(30-38(3)4)58(78)65-45(16)57(77)66-46(17)60(80)71(21)51(32-40(7)8)61(81)72(22)52(33-41(9)10)62(82)74(24)55(43(13)14)63(83)73(53)23/h25,27-28,38-53,55-56,64,76H,1,26,29-37H2,2-24H3,(H,65,78)(H,66,77)(H,67,79)/b28-27+/t44-,45+,46-,47+,48-,49+,50+,51+,52+,53?,55+,56-/m1/s1. The van der Waals surface area contributed by atoms with Crippen LogP contribution in [0.15, 0.2) is 24.8 Å². The van der Waals surface area contributed by atoms with Gasteiger partial charge in [0.05, 0.1) is 24.7 Å².